The highest BCUT2D eigenvalue weighted by Crippen LogP contribution is 2.28. The number of para-hydroxylation sites is 1. The topological polar surface area (TPSA) is 45.0 Å². The fraction of sp³-hybridized carbons (Fsp3) is 0.154. The Balaban J connectivity index is 2.22. The van der Waals surface area contributed by atoms with Gasteiger partial charge >= 0.3 is 0 Å². The molecule has 0 spiro atoms. The van der Waals surface area contributed by atoms with Crippen molar-refractivity contribution in [2.24, 2.45) is 0 Å². The van der Waals surface area contributed by atoms with Crippen LogP contribution in [-0.2, 0) is 6.54 Å². The first-order chi connectivity index (χ1) is 8.35. The number of benzene rings is 1. The third-order valence-corrected chi connectivity index (χ3v) is 3.15. The first kappa shape index (κ1) is 11.5. The van der Waals surface area contributed by atoms with E-state index in [9.17, 15) is 0 Å². The van der Waals surface area contributed by atoms with Crippen molar-refractivity contribution in [3.8, 4) is 11.8 Å². The lowest BCUT2D eigenvalue weighted by Crippen LogP contribution is -2.02. The standard InChI is InChI=1S/C13H12N2OS/c1-16-12-4-2-3-11(7-14)13(12)15-8-10-5-6-17-9-10/h2-6,9,15H,8H2,1H3. The Kier molecular flexibility index (Phi) is 3.63. The molecule has 0 bridgehead atoms. The molecule has 1 aromatic carbocycles. The van der Waals surface area contributed by atoms with Crippen molar-refractivity contribution < 1.29 is 4.74 Å². The van der Waals surface area contributed by atoms with Crippen LogP contribution in [0.5, 0.6) is 5.75 Å². The summed E-state index contributed by atoms with van der Waals surface area (Å²) < 4.78 is 5.25. The van der Waals surface area contributed by atoms with Gasteiger partial charge in [-0.3, -0.25) is 0 Å². The highest BCUT2D eigenvalue weighted by Gasteiger charge is 2.08. The molecule has 0 unspecified atom stereocenters. The van der Waals surface area contributed by atoms with Crippen LogP contribution in [0.2, 0.25) is 0 Å². The number of nitrogens with one attached hydrogen (secondary N) is 1. The molecule has 0 saturated carbocycles. The van der Waals surface area contributed by atoms with E-state index in [0.29, 0.717) is 17.9 Å². The van der Waals surface area contributed by atoms with Crippen molar-refractivity contribution in [2.75, 3.05) is 12.4 Å². The monoisotopic (exact) mass is 244 g/mol. The van der Waals surface area contributed by atoms with Gasteiger partial charge in [-0.1, -0.05) is 6.07 Å². The molecule has 1 aromatic heterocycles. The number of rotatable bonds is 4. The highest BCUT2D eigenvalue weighted by atomic mass is 32.1. The Bertz CT molecular complexity index is 529. The Morgan fingerprint density at radius 1 is 1.41 bits per heavy atom. The van der Waals surface area contributed by atoms with Gasteiger partial charge in [0.1, 0.15) is 11.8 Å². The van der Waals surface area contributed by atoms with Crippen LogP contribution in [0.3, 0.4) is 0 Å². The number of hydrogen-bond donors (Lipinski definition) is 1. The lowest BCUT2D eigenvalue weighted by Gasteiger charge is -2.11. The molecule has 2 rings (SSSR count). The summed E-state index contributed by atoms with van der Waals surface area (Å²) in [5.41, 5.74) is 2.55. The van der Waals surface area contributed by atoms with Gasteiger partial charge in [0.2, 0.25) is 0 Å². The Morgan fingerprint density at radius 2 is 2.29 bits per heavy atom. The molecule has 0 aliphatic heterocycles. The van der Waals surface area contributed by atoms with Crippen molar-refractivity contribution in [3.05, 3.63) is 46.2 Å². The second kappa shape index (κ2) is 5.37. The molecule has 0 amide bonds. The third-order valence-electron chi connectivity index (χ3n) is 2.42. The van der Waals surface area contributed by atoms with Crippen LogP contribution in [0.4, 0.5) is 5.69 Å². The van der Waals surface area contributed by atoms with E-state index in [1.54, 1.807) is 24.5 Å². The van der Waals surface area contributed by atoms with Gasteiger partial charge in [0, 0.05) is 6.54 Å². The zero-order chi connectivity index (χ0) is 12.1. The van der Waals surface area contributed by atoms with Gasteiger partial charge < -0.3 is 10.1 Å². The SMILES string of the molecule is COc1cccc(C#N)c1NCc1ccsc1. The van der Waals surface area contributed by atoms with Crippen molar-refractivity contribution in [1.29, 1.82) is 5.26 Å². The maximum absolute atomic E-state index is 9.05. The van der Waals surface area contributed by atoms with Crippen LogP contribution in [0.25, 0.3) is 0 Å². The molecule has 1 heterocycles. The average molecular weight is 244 g/mol. The van der Waals surface area contributed by atoms with E-state index < -0.39 is 0 Å². The Hall–Kier alpha value is -1.99. The summed E-state index contributed by atoms with van der Waals surface area (Å²) in [6.45, 7) is 0.693. The number of anilines is 1. The molecule has 0 saturated heterocycles. The van der Waals surface area contributed by atoms with E-state index in [1.807, 2.05) is 17.5 Å². The minimum Gasteiger partial charge on any atom is -0.495 e. The van der Waals surface area contributed by atoms with E-state index in [1.165, 1.54) is 5.56 Å². The molecule has 3 nitrogen and oxygen atoms in total. The molecule has 0 aliphatic rings. The number of ether oxygens (including phenoxy) is 1. The van der Waals surface area contributed by atoms with E-state index in [0.717, 1.165) is 5.69 Å². The lowest BCUT2D eigenvalue weighted by atomic mass is 10.1. The van der Waals surface area contributed by atoms with Crippen molar-refractivity contribution in [1.82, 2.24) is 0 Å². The molecular weight excluding hydrogens is 232 g/mol. The zero-order valence-electron chi connectivity index (χ0n) is 9.43. The first-order valence-electron chi connectivity index (χ1n) is 5.17. The summed E-state index contributed by atoms with van der Waals surface area (Å²) in [5, 5.41) is 16.4. The van der Waals surface area contributed by atoms with Crippen LogP contribution < -0.4 is 10.1 Å². The van der Waals surface area contributed by atoms with Gasteiger partial charge in [0.15, 0.2) is 0 Å². The number of thiophene rings is 1. The van der Waals surface area contributed by atoms with Crippen LogP contribution >= 0.6 is 11.3 Å². The van der Waals surface area contributed by atoms with Gasteiger partial charge in [-0.25, -0.2) is 0 Å². The van der Waals surface area contributed by atoms with E-state index >= 15 is 0 Å². The van der Waals surface area contributed by atoms with Gasteiger partial charge in [0.25, 0.3) is 0 Å². The maximum Gasteiger partial charge on any atom is 0.143 e. The molecule has 17 heavy (non-hydrogen) atoms. The molecule has 0 radical (unpaired) electrons. The molecular formula is C13H12N2OS. The lowest BCUT2D eigenvalue weighted by molar-refractivity contribution is 0.416. The summed E-state index contributed by atoms with van der Waals surface area (Å²) in [6, 6.07) is 9.65. The molecule has 0 atom stereocenters. The van der Waals surface area contributed by atoms with E-state index in [-0.39, 0.29) is 0 Å². The zero-order valence-corrected chi connectivity index (χ0v) is 10.3. The Morgan fingerprint density at radius 3 is 2.94 bits per heavy atom. The van der Waals surface area contributed by atoms with Crippen LogP contribution in [-0.4, -0.2) is 7.11 Å². The third kappa shape index (κ3) is 2.58. The highest BCUT2D eigenvalue weighted by molar-refractivity contribution is 7.07. The normalized spacial score (nSPS) is 9.65. The minimum atomic E-state index is 0.597. The fourth-order valence-corrected chi connectivity index (χ4v) is 2.23. The van der Waals surface area contributed by atoms with Gasteiger partial charge in [0.05, 0.1) is 18.4 Å². The number of methoxy groups -OCH3 is 1. The summed E-state index contributed by atoms with van der Waals surface area (Å²) in [5.74, 6) is 0.694. The van der Waals surface area contributed by atoms with Crippen LogP contribution in [0.1, 0.15) is 11.1 Å². The second-order valence-corrected chi connectivity index (χ2v) is 4.26. The summed E-state index contributed by atoms with van der Waals surface area (Å²) in [6.07, 6.45) is 0. The van der Waals surface area contributed by atoms with Crippen molar-refractivity contribution in [2.45, 2.75) is 6.54 Å². The van der Waals surface area contributed by atoms with E-state index in [4.69, 9.17) is 10.00 Å². The number of nitriles is 1. The Labute approximate surface area is 104 Å². The molecule has 4 heteroatoms. The van der Waals surface area contributed by atoms with Gasteiger partial charge in [-0.05, 0) is 34.5 Å². The first-order valence-corrected chi connectivity index (χ1v) is 6.11. The molecule has 2 aromatic rings. The maximum atomic E-state index is 9.05. The fourth-order valence-electron chi connectivity index (χ4n) is 1.56. The van der Waals surface area contributed by atoms with Crippen molar-refractivity contribution >= 4 is 17.0 Å². The smallest absolute Gasteiger partial charge is 0.143 e. The van der Waals surface area contributed by atoms with Crippen molar-refractivity contribution in [3.63, 3.8) is 0 Å². The van der Waals surface area contributed by atoms with Gasteiger partial charge in [-0.2, -0.15) is 16.6 Å². The average Bonchev–Trinajstić information content (AvgIpc) is 2.88. The molecule has 0 fully saturated rings. The summed E-state index contributed by atoms with van der Waals surface area (Å²) >= 11 is 1.66. The van der Waals surface area contributed by atoms with Crippen LogP contribution in [0.15, 0.2) is 35.0 Å². The largest absolute Gasteiger partial charge is 0.495 e. The summed E-state index contributed by atoms with van der Waals surface area (Å²) in [4.78, 5) is 0. The van der Waals surface area contributed by atoms with Gasteiger partial charge in [-0.15, -0.1) is 0 Å². The summed E-state index contributed by atoms with van der Waals surface area (Å²) in [7, 11) is 1.60. The van der Waals surface area contributed by atoms with E-state index in [2.05, 4.69) is 22.8 Å². The predicted octanol–water partition coefficient (Wildman–Crippen LogP) is 3.24. The quantitative estimate of drug-likeness (QED) is 0.898. The predicted molar refractivity (Wildman–Crippen MR) is 69.4 cm³/mol. The second-order valence-electron chi connectivity index (χ2n) is 3.48. The number of hydrogen-bond acceptors (Lipinski definition) is 4. The molecule has 0 aliphatic carbocycles. The molecule has 86 valence electrons. The molecule has 1 N–H and O–H groups in total. The number of nitrogens with zero attached hydrogens (tertiary/aromatic N) is 1. The van der Waals surface area contributed by atoms with Crippen LogP contribution in [0, 0.1) is 11.3 Å². The minimum absolute atomic E-state index is 0.597.